The summed E-state index contributed by atoms with van der Waals surface area (Å²) in [7, 11) is 3.05. The van der Waals surface area contributed by atoms with Gasteiger partial charge < -0.3 is 15.0 Å². The number of benzene rings is 1. The fourth-order valence-electron chi connectivity index (χ4n) is 3.03. The smallest absolute Gasteiger partial charge is 0.332 e. The summed E-state index contributed by atoms with van der Waals surface area (Å²) in [6.07, 6.45) is 0.940. The first kappa shape index (κ1) is 20.9. The fourth-order valence-corrected chi connectivity index (χ4v) is 3.03. The first-order valence-electron chi connectivity index (χ1n) is 8.49. The van der Waals surface area contributed by atoms with Gasteiger partial charge in [0.15, 0.2) is 11.2 Å². The number of hydrogen-bond donors (Lipinski definition) is 2. The Morgan fingerprint density at radius 3 is 2.48 bits per heavy atom. The van der Waals surface area contributed by atoms with Crippen molar-refractivity contribution in [2.45, 2.75) is 25.6 Å². The molecule has 0 spiro atoms. The summed E-state index contributed by atoms with van der Waals surface area (Å²) in [5.41, 5.74) is 0.857. The number of rotatable bonds is 6. The number of fused-ring (bicyclic) bond motifs is 1. The van der Waals surface area contributed by atoms with Gasteiger partial charge in [-0.2, -0.15) is 0 Å². The molecule has 27 heavy (non-hydrogen) atoms. The zero-order valence-electron chi connectivity index (χ0n) is 15.5. The van der Waals surface area contributed by atoms with E-state index in [1.165, 1.54) is 11.6 Å². The zero-order valence-corrected chi connectivity index (χ0v) is 16.3. The Kier molecular flexibility index (Phi) is 6.59. The molecular formula is C18H24ClN5O3. The molecule has 146 valence electrons. The average Bonchev–Trinajstić information content (AvgIpc) is 3.08. The molecule has 2 N–H and O–H groups in total. The Hall–Kier alpha value is -2.42. The van der Waals surface area contributed by atoms with Crippen LogP contribution in [0.4, 0.5) is 0 Å². The van der Waals surface area contributed by atoms with Crippen LogP contribution < -0.4 is 16.6 Å². The summed E-state index contributed by atoms with van der Waals surface area (Å²) < 4.78 is 4.17. The van der Waals surface area contributed by atoms with E-state index in [1.54, 1.807) is 17.9 Å². The van der Waals surface area contributed by atoms with E-state index in [2.05, 4.69) is 10.3 Å². The van der Waals surface area contributed by atoms with Crippen molar-refractivity contribution in [1.82, 2.24) is 24.0 Å². The summed E-state index contributed by atoms with van der Waals surface area (Å²) >= 11 is 0. The zero-order chi connectivity index (χ0) is 18.8. The van der Waals surface area contributed by atoms with E-state index in [9.17, 15) is 14.7 Å². The Bertz CT molecular complexity index is 1030. The number of aliphatic hydroxyl groups excluding tert-OH is 1. The molecule has 0 radical (unpaired) electrons. The van der Waals surface area contributed by atoms with Gasteiger partial charge in [0.25, 0.3) is 5.56 Å². The summed E-state index contributed by atoms with van der Waals surface area (Å²) in [6.45, 7) is 2.95. The molecule has 2 unspecified atom stereocenters. The second-order valence-electron chi connectivity index (χ2n) is 6.41. The van der Waals surface area contributed by atoms with Crippen molar-refractivity contribution < 1.29 is 5.11 Å². The minimum Gasteiger partial charge on any atom is -0.387 e. The van der Waals surface area contributed by atoms with Crippen molar-refractivity contribution in [3.63, 3.8) is 0 Å². The highest BCUT2D eigenvalue weighted by molar-refractivity contribution is 5.85. The molecule has 0 aliphatic carbocycles. The Morgan fingerprint density at radius 1 is 1.15 bits per heavy atom. The summed E-state index contributed by atoms with van der Waals surface area (Å²) in [6, 6.07) is 9.31. The SMILES string of the molecule is CC(NCCn1cnc2c1c(=O)n(C)c(=O)n2C)C(O)c1ccccc1.Cl. The van der Waals surface area contributed by atoms with Crippen LogP contribution in [-0.2, 0) is 20.6 Å². The van der Waals surface area contributed by atoms with Gasteiger partial charge in [-0.15, -0.1) is 12.4 Å². The van der Waals surface area contributed by atoms with Crippen molar-refractivity contribution in [2.24, 2.45) is 14.1 Å². The number of halogens is 1. The Balaban J connectivity index is 0.00000261. The summed E-state index contributed by atoms with van der Waals surface area (Å²) in [4.78, 5) is 28.6. The second-order valence-corrected chi connectivity index (χ2v) is 6.41. The van der Waals surface area contributed by atoms with Gasteiger partial charge in [-0.25, -0.2) is 9.78 Å². The predicted molar refractivity (Wildman–Crippen MR) is 106 cm³/mol. The highest BCUT2D eigenvalue weighted by Crippen LogP contribution is 2.15. The first-order chi connectivity index (χ1) is 12.4. The third-order valence-electron chi connectivity index (χ3n) is 4.65. The van der Waals surface area contributed by atoms with E-state index in [-0.39, 0.29) is 24.0 Å². The number of hydrogen-bond acceptors (Lipinski definition) is 5. The molecule has 8 nitrogen and oxygen atoms in total. The van der Waals surface area contributed by atoms with Gasteiger partial charge in [0.2, 0.25) is 0 Å². The summed E-state index contributed by atoms with van der Waals surface area (Å²) in [5, 5.41) is 13.7. The van der Waals surface area contributed by atoms with Crippen LogP contribution in [0.3, 0.4) is 0 Å². The van der Waals surface area contributed by atoms with Gasteiger partial charge in [-0.1, -0.05) is 30.3 Å². The number of nitrogens with one attached hydrogen (secondary N) is 1. The minimum atomic E-state index is -0.621. The lowest BCUT2D eigenvalue weighted by Gasteiger charge is -2.20. The van der Waals surface area contributed by atoms with Crippen LogP contribution in [0.2, 0.25) is 0 Å². The Labute approximate surface area is 162 Å². The van der Waals surface area contributed by atoms with Crippen LogP contribution in [0.1, 0.15) is 18.6 Å². The maximum absolute atomic E-state index is 12.4. The van der Waals surface area contributed by atoms with Gasteiger partial charge in [-0.05, 0) is 12.5 Å². The van der Waals surface area contributed by atoms with Gasteiger partial charge in [0, 0.05) is 33.2 Å². The largest absolute Gasteiger partial charge is 0.387 e. The number of nitrogens with zero attached hydrogens (tertiary/aromatic N) is 4. The van der Waals surface area contributed by atoms with Crippen LogP contribution in [-0.4, -0.2) is 36.4 Å². The molecule has 0 aliphatic rings. The maximum Gasteiger partial charge on any atom is 0.332 e. The molecular weight excluding hydrogens is 370 g/mol. The molecule has 0 aliphatic heterocycles. The van der Waals surface area contributed by atoms with Crippen LogP contribution in [0.15, 0.2) is 46.2 Å². The topological polar surface area (TPSA) is 94.1 Å². The van der Waals surface area contributed by atoms with Crippen LogP contribution in [0, 0.1) is 0 Å². The second kappa shape index (κ2) is 8.51. The number of imidazole rings is 1. The Morgan fingerprint density at radius 2 is 1.81 bits per heavy atom. The highest BCUT2D eigenvalue weighted by Gasteiger charge is 2.17. The molecule has 2 aromatic heterocycles. The number of aryl methyl sites for hydroxylation is 1. The third kappa shape index (κ3) is 3.97. The van der Waals surface area contributed by atoms with Crippen LogP contribution in [0.5, 0.6) is 0 Å². The van der Waals surface area contributed by atoms with Gasteiger partial charge in [0.1, 0.15) is 0 Å². The molecule has 0 saturated heterocycles. The standard InChI is InChI=1S/C18H23N5O3.ClH/c1-12(15(24)13-7-5-4-6-8-13)19-9-10-23-11-20-16-14(23)17(25)22(3)18(26)21(16)2;/h4-8,11-12,15,19,24H,9-10H2,1-3H3;1H. The maximum atomic E-state index is 12.4. The first-order valence-corrected chi connectivity index (χ1v) is 8.49. The lowest BCUT2D eigenvalue weighted by atomic mass is 10.0. The summed E-state index contributed by atoms with van der Waals surface area (Å²) in [5.74, 6) is 0. The van der Waals surface area contributed by atoms with Crippen molar-refractivity contribution in [3.05, 3.63) is 63.1 Å². The molecule has 2 atom stereocenters. The van der Waals surface area contributed by atoms with E-state index >= 15 is 0 Å². The fraction of sp³-hybridized carbons (Fsp3) is 0.389. The van der Waals surface area contributed by atoms with Gasteiger partial charge in [0.05, 0.1) is 12.4 Å². The minimum absolute atomic E-state index is 0. The third-order valence-corrected chi connectivity index (χ3v) is 4.65. The van der Waals surface area contributed by atoms with Crippen molar-refractivity contribution in [3.8, 4) is 0 Å². The number of aromatic nitrogens is 4. The lowest BCUT2D eigenvalue weighted by Crippen LogP contribution is -2.38. The molecule has 0 bridgehead atoms. The van der Waals surface area contributed by atoms with Gasteiger partial charge >= 0.3 is 5.69 Å². The molecule has 0 amide bonds. The van der Waals surface area contributed by atoms with Gasteiger partial charge in [-0.3, -0.25) is 13.9 Å². The monoisotopic (exact) mass is 393 g/mol. The van der Waals surface area contributed by atoms with Crippen LogP contribution in [0.25, 0.3) is 11.2 Å². The van der Waals surface area contributed by atoms with Crippen molar-refractivity contribution in [2.75, 3.05) is 6.54 Å². The molecule has 9 heteroatoms. The molecule has 3 aromatic rings. The predicted octanol–water partition coefficient (Wildman–Crippen LogP) is 0.567. The molecule has 2 heterocycles. The van der Waals surface area contributed by atoms with Crippen molar-refractivity contribution >= 4 is 23.6 Å². The van der Waals surface area contributed by atoms with E-state index in [1.807, 2.05) is 37.3 Å². The van der Waals surface area contributed by atoms with Crippen molar-refractivity contribution in [1.29, 1.82) is 0 Å². The average molecular weight is 394 g/mol. The quantitative estimate of drug-likeness (QED) is 0.638. The van der Waals surface area contributed by atoms with Crippen LogP contribution >= 0.6 is 12.4 Å². The molecule has 1 aromatic carbocycles. The van der Waals surface area contributed by atoms with E-state index in [0.717, 1.165) is 10.1 Å². The van der Waals surface area contributed by atoms with E-state index < -0.39 is 11.8 Å². The van der Waals surface area contributed by atoms with E-state index in [0.29, 0.717) is 24.3 Å². The molecule has 3 rings (SSSR count). The molecule has 0 saturated carbocycles. The van der Waals surface area contributed by atoms with E-state index in [4.69, 9.17) is 0 Å². The normalized spacial score (nSPS) is 13.3. The number of aliphatic hydroxyl groups is 1. The molecule has 0 fully saturated rings. The highest BCUT2D eigenvalue weighted by atomic mass is 35.5. The lowest BCUT2D eigenvalue weighted by molar-refractivity contribution is 0.135.